The zero-order valence-electron chi connectivity index (χ0n) is 12.2. The van der Waals surface area contributed by atoms with Gasteiger partial charge >= 0.3 is 0 Å². The van der Waals surface area contributed by atoms with E-state index in [2.05, 4.69) is 12.0 Å². The van der Waals surface area contributed by atoms with Crippen molar-refractivity contribution in [2.24, 2.45) is 0 Å². The monoisotopic (exact) mass is 283 g/mol. The predicted molar refractivity (Wildman–Crippen MR) is 80.1 cm³/mol. The topological polar surface area (TPSA) is 67.9 Å². The molecule has 2 aromatic rings. The van der Waals surface area contributed by atoms with Gasteiger partial charge in [-0.3, -0.25) is 4.79 Å². The summed E-state index contributed by atoms with van der Waals surface area (Å²) in [5.74, 6) is 0.796. The maximum atomic E-state index is 11.8. The van der Waals surface area contributed by atoms with E-state index < -0.39 is 0 Å². The van der Waals surface area contributed by atoms with Gasteiger partial charge in [-0.15, -0.1) is 0 Å². The number of aryl methyl sites for hydroxylation is 1. The molecule has 0 aliphatic rings. The van der Waals surface area contributed by atoms with Crippen molar-refractivity contribution in [3.05, 3.63) is 46.2 Å². The summed E-state index contributed by atoms with van der Waals surface area (Å²) in [6, 6.07) is 10.9. The summed E-state index contributed by atoms with van der Waals surface area (Å²) in [6.45, 7) is 4.98. The molecule has 0 N–H and O–H groups in total. The van der Waals surface area contributed by atoms with Gasteiger partial charge in [0.25, 0.3) is 5.56 Å². The second-order valence-electron chi connectivity index (χ2n) is 4.55. The molecule has 0 atom stereocenters. The van der Waals surface area contributed by atoms with Gasteiger partial charge in [0.15, 0.2) is 0 Å². The van der Waals surface area contributed by atoms with Gasteiger partial charge in [-0.05, 0) is 43.7 Å². The van der Waals surface area contributed by atoms with Crippen molar-refractivity contribution in [1.82, 2.24) is 9.78 Å². The lowest BCUT2D eigenvalue weighted by atomic mass is 10.1. The number of aromatic nitrogens is 2. The summed E-state index contributed by atoms with van der Waals surface area (Å²) in [4.78, 5) is 11.8. The fourth-order valence-electron chi connectivity index (χ4n) is 1.92. The van der Waals surface area contributed by atoms with Gasteiger partial charge in [-0.2, -0.15) is 10.4 Å². The van der Waals surface area contributed by atoms with Crippen LogP contribution in [0, 0.1) is 11.3 Å². The Morgan fingerprint density at radius 2 is 2.00 bits per heavy atom. The smallest absolute Gasteiger partial charge is 0.284 e. The molecule has 0 unspecified atom stereocenters. The summed E-state index contributed by atoms with van der Waals surface area (Å²) < 4.78 is 6.83. The van der Waals surface area contributed by atoms with E-state index in [0.29, 0.717) is 18.8 Å². The number of nitrogens with zero attached hydrogens (tertiary/aromatic N) is 3. The van der Waals surface area contributed by atoms with E-state index in [-0.39, 0.29) is 11.1 Å². The molecular weight excluding hydrogens is 266 g/mol. The van der Waals surface area contributed by atoms with Gasteiger partial charge in [0, 0.05) is 12.1 Å². The molecule has 0 fully saturated rings. The highest BCUT2D eigenvalue weighted by atomic mass is 16.5. The van der Waals surface area contributed by atoms with Crippen LogP contribution in [0.5, 0.6) is 5.75 Å². The van der Waals surface area contributed by atoms with Gasteiger partial charge in [0.2, 0.25) is 0 Å². The highest BCUT2D eigenvalue weighted by Crippen LogP contribution is 2.20. The Balaban J connectivity index is 2.38. The van der Waals surface area contributed by atoms with E-state index in [9.17, 15) is 4.79 Å². The molecule has 2 rings (SSSR count). The Kier molecular flexibility index (Phi) is 4.72. The Morgan fingerprint density at radius 3 is 2.57 bits per heavy atom. The molecule has 0 spiro atoms. The van der Waals surface area contributed by atoms with Crippen LogP contribution in [0.3, 0.4) is 0 Å². The van der Waals surface area contributed by atoms with Crippen LogP contribution in [0.1, 0.15) is 25.8 Å². The third-order valence-corrected chi connectivity index (χ3v) is 3.02. The standard InChI is InChI=1S/C16H17N3O2/c1-3-9-21-14-7-5-12(6-8-14)15-10-13(11-17)16(20)19(4-2)18-15/h5-8,10H,3-4,9H2,1-2H3. The molecule has 0 saturated heterocycles. The minimum absolute atomic E-state index is 0.105. The Morgan fingerprint density at radius 1 is 1.29 bits per heavy atom. The van der Waals surface area contributed by atoms with E-state index >= 15 is 0 Å². The fourth-order valence-corrected chi connectivity index (χ4v) is 1.92. The molecular formula is C16H17N3O2. The number of ether oxygens (including phenoxy) is 1. The first-order chi connectivity index (χ1) is 10.2. The summed E-state index contributed by atoms with van der Waals surface area (Å²) in [6.07, 6.45) is 0.955. The van der Waals surface area contributed by atoms with Crippen LogP contribution in [-0.2, 0) is 6.54 Å². The average molecular weight is 283 g/mol. The Hall–Kier alpha value is -2.61. The van der Waals surface area contributed by atoms with E-state index in [0.717, 1.165) is 17.7 Å². The number of rotatable bonds is 5. The molecule has 1 heterocycles. The highest BCUT2D eigenvalue weighted by Gasteiger charge is 2.08. The van der Waals surface area contributed by atoms with Crippen molar-refractivity contribution in [2.45, 2.75) is 26.8 Å². The Labute approximate surface area is 123 Å². The first-order valence-electron chi connectivity index (χ1n) is 6.95. The number of hydrogen-bond acceptors (Lipinski definition) is 4. The van der Waals surface area contributed by atoms with Gasteiger partial charge in [0.05, 0.1) is 12.3 Å². The van der Waals surface area contributed by atoms with Crippen LogP contribution in [-0.4, -0.2) is 16.4 Å². The SMILES string of the molecule is CCCOc1ccc(-c2cc(C#N)c(=O)n(CC)n2)cc1. The maximum absolute atomic E-state index is 11.8. The van der Waals surface area contributed by atoms with Crippen LogP contribution >= 0.6 is 0 Å². The lowest BCUT2D eigenvalue weighted by molar-refractivity contribution is 0.317. The van der Waals surface area contributed by atoms with Gasteiger partial charge in [-0.25, -0.2) is 4.68 Å². The quantitative estimate of drug-likeness (QED) is 0.845. The summed E-state index contributed by atoms with van der Waals surface area (Å²) in [5.41, 5.74) is 1.20. The number of benzene rings is 1. The highest BCUT2D eigenvalue weighted by molar-refractivity contribution is 5.61. The molecule has 0 amide bonds. The molecule has 108 valence electrons. The normalized spacial score (nSPS) is 10.1. The van der Waals surface area contributed by atoms with Crippen molar-refractivity contribution in [2.75, 3.05) is 6.61 Å². The zero-order chi connectivity index (χ0) is 15.2. The summed E-state index contributed by atoms with van der Waals surface area (Å²) >= 11 is 0. The molecule has 0 bridgehead atoms. The average Bonchev–Trinajstić information content (AvgIpc) is 2.53. The van der Waals surface area contributed by atoms with Crippen LogP contribution in [0.25, 0.3) is 11.3 Å². The first-order valence-corrected chi connectivity index (χ1v) is 6.95. The van der Waals surface area contributed by atoms with Gasteiger partial charge in [-0.1, -0.05) is 6.92 Å². The first kappa shape index (κ1) is 14.8. The van der Waals surface area contributed by atoms with Gasteiger partial charge in [0.1, 0.15) is 17.4 Å². The van der Waals surface area contributed by atoms with Gasteiger partial charge < -0.3 is 4.74 Å². The van der Waals surface area contributed by atoms with Crippen LogP contribution in [0.2, 0.25) is 0 Å². The molecule has 0 aliphatic carbocycles. The molecule has 1 aromatic carbocycles. The second-order valence-corrected chi connectivity index (χ2v) is 4.55. The van der Waals surface area contributed by atoms with E-state index in [1.165, 1.54) is 10.7 Å². The fraction of sp³-hybridized carbons (Fsp3) is 0.312. The van der Waals surface area contributed by atoms with E-state index in [1.807, 2.05) is 37.3 Å². The maximum Gasteiger partial charge on any atom is 0.284 e. The second kappa shape index (κ2) is 6.71. The van der Waals surface area contributed by atoms with Crippen molar-refractivity contribution in [1.29, 1.82) is 5.26 Å². The number of nitriles is 1. The molecule has 0 saturated carbocycles. The minimum atomic E-state index is -0.355. The number of hydrogen-bond donors (Lipinski definition) is 0. The minimum Gasteiger partial charge on any atom is -0.494 e. The predicted octanol–water partition coefficient (Wildman–Crippen LogP) is 2.59. The molecule has 1 aromatic heterocycles. The van der Waals surface area contributed by atoms with Crippen LogP contribution in [0.4, 0.5) is 0 Å². The van der Waals surface area contributed by atoms with Crippen molar-refractivity contribution in [3.63, 3.8) is 0 Å². The molecule has 21 heavy (non-hydrogen) atoms. The molecule has 0 radical (unpaired) electrons. The molecule has 5 heteroatoms. The molecule has 5 nitrogen and oxygen atoms in total. The lowest BCUT2D eigenvalue weighted by Gasteiger charge is -2.08. The third kappa shape index (κ3) is 3.29. The van der Waals surface area contributed by atoms with Crippen molar-refractivity contribution in [3.8, 4) is 23.1 Å². The Bertz CT molecular complexity index is 712. The summed E-state index contributed by atoms with van der Waals surface area (Å²) in [5, 5.41) is 13.3. The van der Waals surface area contributed by atoms with Crippen molar-refractivity contribution >= 4 is 0 Å². The van der Waals surface area contributed by atoms with E-state index in [4.69, 9.17) is 10.00 Å². The van der Waals surface area contributed by atoms with Crippen LogP contribution < -0.4 is 10.3 Å². The largest absolute Gasteiger partial charge is 0.494 e. The summed E-state index contributed by atoms with van der Waals surface area (Å²) in [7, 11) is 0. The zero-order valence-corrected chi connectivity index (χ0v) is 12.2. The lowest BCUT2D eigenvalue weighted by Crippen LogP contribution is -2.24. The van der Waals surface area contributed by atoms with Crippen LogP contribution in [0.15, 0.2) is 35.1 Å². The van der Waals surface area contributed by atoms with E-state index in [1.54, 1.807) is 0 Å². The molecule has 0 aliphatic heterocycles. The third-order valence-electron chi connectivity index (χ3n) is 3.02. The van der Waals surface area contributed by atoms with Crippen molar-refractivity contribution < 1.29 is 4.74 Å².